The second-order valence-electron chi connectivity index (χ2n) is 8.42. The van der Waals surface area contributed by atoms with E-state index in [1.165, 1.54) is 0 Å². The van der Waals surface area contributed by atoms with Gasteiger partial charge in [-0.1, -0.05) is 31.2 Å². The molecule has 0 saturated heterocycles. The summed E-state index contributed by atoms with van der Waals surface area (Å²) in [5, 5.41) is 0. The van der Waals surface area contributed by atoms with Crippen molar-refractivity contribution < 1.29 is 49.0 Å². The fourth-order valence-electron chi connectivity index (χ4n) is 3.87. The van der Waals surface area contributed by atoms with Gasteiger partial charge in [0.2, 0.25) is 0 Å². The van der Waals surface area contributed by atoms with Gasteiger partial charge in [-0.05, 0) is 65.1 Å². The van der Waals surface area contributed by atoms with Crippen LogP contribution in [0.1, 0.15) is 18.1 Å². The van der Waals surface area contributed by atoms with Crippen molar-refractivity contribution in [2.75, 3.05) is 0 Å². The number of alkyl halides is 2. The molecule has 0 radical (unpaired) electrons. The highest BCUT2D eigenvalue weighted by molar-refractivity contribution is 5.67. The van der Waals surface area contributed by atoms with Gasteiger partial charge in [-0.2, -0.15) is 17.6 Å². The van der Waals surface area contributed by atoms with Gasteiger partial charge in [-0.15, -0.1) is 0 Å². The Morgan fingerprint density at radius 3 is 1.80 bits per heavy atom. The second kappa shape index (κ2) is 11.4. The van der Waals surface area contributed by atoms with Gasteiger partial charge in [-0.3, -0.25) is 0 Å². The first-order valence-corrected chi connectivity index (χ1v) is 11.5. The smallest absolute Gasteiger partial charge is 0.432 e. The average molecular weight is 568 g/mol. The first-order valence-electron chi connectivity index (χ1n) is 11.5. The third-order valence-electron chi connectivity index (χ3n) is 5.79. The lowest BCUT2D eigenvalue weighted by Crippen LogP contribution is -2.25. The van der Waals surface area contributed by atoms with Crippen LogP contribution < -0.4 is 9.47 Å². The van der Waals surface area contributed by atoms with Gasteiger partial charge in [-0.25, -0.2) is 22.0 Å². The maximum absolute atomic E-state index is 14.8. The Morgan fingerprint density at radius 2 is 1.27 bits per heavy atom. The van der Waals surface area contributed by atoms with Crippen LogP contribution in [0.4, 0.5) is 39.5 Å². The number of hydrogen-bond acceptors (Lipinski definition) is 2. The van der Waals surface area contributed by atoms with Gasteiger partial charge < -0.3 is 9.47 Å². The largest absolute Gasteiger partial charge is 0.453 e. The normalized spacial score (nSPS) is 11.3. The summed E-state index contributed by atoms with van der Waals surface area (Å²) in [6.07, 6.45) is -6.41. The summed E-state index contributed by atoms with van der Waals surface area (Å²) < 4.78 is 135. The van der Waals surface area contributed by atoms with Crippen LogP contribution >= 0.6 is 0 Å². The SMILES string of the molecule is CCc1ccc(-c2cc(F)c(C(F)(F)Oc3ccc(-c4cc(F)c(OC=C(F)F)c(F)c4)c(F)c3)c(F)c2)cc1. The Bertz CT molecular complexity index is 1530. The monoisotopic (exact) mass is 568 g/mol. The minimum atomic E-state index is -4.58. The molecule has 0 unspecified atom stereocenters. The molecule has 0 bridgehead atoms. The molecule has 0 heterocycles. The molecular weight excluding hydrogens is 551 g/mol. The molecule has 0 amide bonds. The number of hydrogen-bond donors (Lipinski definition) is 0. The first kappa shape index (κ1) is 28.6. The summed E-state index contributed by atoms with van der Waals surface area (Å²) in [6.45, 7) is 1.91. The minimum Gasteiger partial charge on any atom is -0.453 e. The van der Waals surface area contributed by atoms with Crippen molar-refractivity contribution >= 4 is 0 Å². The first-order chi connectivity index (χ1) is 18.9. The predicted molar refractivity (Wildman–Crippen MR) is 128 cm³/mol. The zero-order valence-corrected chi connectivity index (χ0v) is 20.4. The van der Waals surface area contributed by atoms with Crippen molar-refractivity contribution in [2.24, 2.45) is 0 Å². The molecule has 208 valence electrons. The molecule has 0 spiro atoms. The average Bonchev–Trinajstić information content (AvgIpc) is 2.87. The Labute approximate surface area is 221 Å². The van der Waals surface area contributed by atoms with E-state index in [1.807, 2.05) is 6.92 Å². The lowest BCUT2D eigenvalue weighted by atomic mass is 10.0. The molecule has 0 saturated carbocycles. The van der Waals surface area contributed by atoms with E-state index in [4.69, 9.17) is 0 Å². The van der Waals surface area contributed by atoms with E-state index in [9.17, 15) is 39.5 Å². The van der Waals surface area contributed by atoms with E-state index in [-0.39, 0.29) is 11.8 Å². The van der Waals surface area contributed by atoms with Crippen molar-refractivity contribution in [1.82, 2.24) is 0 Å². The van der Waals surface area contributed by atoms with E-state index in [0.29, 0.717) is 35.9 Å². The molecule has 0 aliphatic heterocycles. The highest BCUT2D eigenvalue weighted by Gasteiger charge is 2.41. The van der Waals surface area contributed by atoms with Crippen LogP contribution in [-0.2, 0) is 12.5 Å². The summed E-state index contributed by atoms with van der Waals surface area (Å²) in [4.78, 5) is 0. The van der Waals surface area contributed by atoms with Crippen LogP contribution in [0.25, 0.3) is 22.3 Å². The molecule has 4 aromatic carbocycles. The van der Waals surface area contributed by atoms with E-state index in [1.54, 1.807) is 24.3 Å². The van der Waals surface area contributed by atoms with E-state index in [2.05, 4.69) is 9.47 Å². The highest BCUT2D eigenvalue weighted by atomic mass is 19.3. The van der Waals surface area contributed by atoms with Crippen molar-refractivity contribution in [1.29, 1.82) is 0 Å². The highest BCUT2D eigenvalue weighted by Crippen LogP contribution is 2.38. The molecule has 0 fully saturated rings. The summed E-state index contributed by atoms with van der Waals surface area (Å²) >= 11 is 0. The van der Waals surface area contributed by atoms with Crippen LogP contribution in [0.2, 0.25) is 0 Å². The van der Waals surface area contributed by atoms with E-state index in [0.717, 1.165) is 24.1 Å². The molecular formula is C29H17F9O2. The molecule has 0 aliphatic rings. The molecule has 2 nitrogen and oxygen atoms in total. The van der Waals surface area contributed by atoms with Crippen molar-refractivity contribution in [3.8, 4) is 33.8 Å². The Balaban J connectivity index is 1.60. The maximum Gasteiger partial charge on any atom is 0.432 e. The number of ether oxygens (including phenoxy) is 2. The molecule has 0 aromatic heterocycles. The molecule has 40 heavy (non-hydrogen) atoms. The maximum atomic E-state index is 14.8. The summed E-state index contributed by atoms with van der Waals surface area (Å²) in [5.74, 6) is -9.43. The third kappa shape index (κ3) is 6.08. The third-order valence-corrected chi connectivity index (χ3v) is 5.79. The second-order valence-corrected chi connectivity index (χ2v) is 8.42. The van der Waals surface area contributed by atoms with E-state index >= 15 is 0 Å². The fraction of sp³-hybridized carbons (Fsp3) is 0.103. The summed E-state index contributed by atoms with van der Waals surface area (Å²) in [7, 11) is 0. The predicted octanol–water partition coefficient (Wildman–Crippen LogP) is 9.52. The number of rotatable bonds is 8. The molecule has 0 aliphatic carbocycles. The van der Waals surface area contributed by atoms with Crippen LogP contribution in [0, 0.1) is 29.1 Å². The van der Waals surface area contributed by atoms with Gasteiger partial charge >= 0.3 is 12.2 Å². The zero-order valence-electron chi connectivity index (χ0n) is 20.4. The fourth-order valence-corrected chi connectivity index (χ4v) is 3.87. The topological polar surface area (TPSA) is 18.5 Å². The van der Waals surface area contributed by atoms with E-state index < -0.39 is 69.5 Å². The standard InChI is InChI=1S/C29H17F9O2/c1-2-15-3-5-16(6-4-15)17-9-22(31)27(23(32)10-17)29(37,38)40-19-7-8-20(21(30)13-19)18-11-24(33)28(25(34)12-18)39-14-26(35)36/h3-14H,2H2,1H3. The lowest BCUT2D eigenvalue weighted by molar-refractivity contribution is -0.189. The van der Waals surface area contributed by atoms with Gasteiger partial charge in [0.25, 0.3) is 0 Å². The van der Waals surface area contributed by atoms with Crippen molar-refractivity contribution in [2.45, 2.75) is 19.5 Å². The molecule has 4 aromatic rings. The van der Waals surface area contributed by atoms with Gasteiger partial charge in [0.1, 0.15) is 28.8 Å². The van der Waals surface area contributed by atoms with Gasteiger partial charge in [0.15, 0.2) is 23.6 Å². The zero-order chi connectivity index (χ0) is 29.2. The quantitative estimate of drug-likeness (QED) is 0.156. The molecule has 0 atom stereocenters. The van der Waals surface area contributed by atoms with Crippen molar-refractivity contribution in [3.63, 3.8) is 0 Å². The van der Waals surface area contributed by atoms with Crippen LogP contribution in [0.15, 0.2) is 79.1 Å². The summed E-state index contributed by atoms with van der Waals surface area (Å²) in [6, 6.07) is 11.2. The number of aryl methyl sites for hydroxylation is 1. The Morgan fingerprint density at radius 1 is 0.700 bits per heavy atom. The van der Waals surface area contributed by atoms with Crippen LogP contribution in [0.5, 0.6) is 11.5 Å². The van der Waals surface area contributed by atoms with Crippen molar-refractivity contribution in [3.05, 3.63) is 119 Å². The number of benzene rings is 4. The van der Waals surface area contributed by atoms with Crippen LogP contribution in [-0.4, -0.2) is 0 Å². The molecule has 0 N–H and O–H groups in total. The molecule has 4 rings (SSSR count). The Kier molecular flexibility index (Phi) is 8.13. The van der Waals surface area contributed by atoms with Crippen LogP contribution in [0.3, 0.4) is 0 Å². The molecule has 11 heteroatoms. The van der Waals surface area contributed by atoms with Gasteiger partial charge in [0.05, 0.1) is 0 Å². The summed E-state index contributed by atoms with van der Waals surface area (Å²) in [5.41, 5.74) is -1.25. The minimum absolute atomic E-state index is 0.00864. The van der Waals surface area contributed by atoms with Gasteiger partial charge in [0, 0.05) is 11.6 Å². The lowest BCUT2D eigenvalue weighted by Gasteiger charge is -2.20. The number of halogens is 9. The Hall–Kier alpha value is -4.41.